The molecule has 0 aromatic rings. The zero-order chi connectivity index (χ0) is 10.7. The van der Waals surface area contributed by atoms with Crippen LogP contribution < -0.4 is 10.6 Å². The molecule has 1 heterocycles. The number of hydrogen-bond acceptors (Lipinski definition) is 2. The maximum atomic E-state index is 11.8. The van der Waals surface area contributed by atoms with E-state index in [1.54, 1.807) is 0 Å². The third-order valence-electron chi connectivity index (χ3n) is 3.54. The molecule has 0 bridgehead atoms. The molecule has 3 nitrogen and oxygen atoms in total. The fourth-order valence-electron chi connectivity index (χ4n) is 2.47. The van der Waals surface area contributed by atoms with Crippen LogP contribution in [0.1, 0.15) is 45.4 Å². The second-order valence-electron chi connectivity index (χ2n) is 4.90. The molecule has 2 aliphatic rings. The number of rotatable bonds is 4. The van der Waals surface area contributed by atoms with Crippen molar-refractivity contribution in [3.63, 3.8) is 0 Å². The van der Waals surface area contributed by atoms with Gasteiger partial charge in [-0.2, -0.15) is 0 Å². The van der Waals surface area contributed by atoms with E-state index in [-0.39, 0.29) is 24.4 Å². The van der Waals surface area contributed by atoms with Gasteiger partial charge in [0.1, 0.15) is 0 Å². The van der Waals surface area contributed by atoms with E-state index in [0.29, 0.717) is 6.04 Å². The molecule has 0 radical (unpaired) electrons. The highest BCUT2D eigenvalue weighted by Gasteiger charge is 2.38. The number of hydrogen-bond donors (Lipinski definition) is 2. The van der Waals surface area contributed by atoms with Crippen molar-refractivity contribution in [3.05, 3.63) is 0 Å². The Morgan fingerprint density at radius 3 is 2.88 bits per heavy atom. The van der Waals surface area contributed by atoms with Gasteiger partial charge in [0, 0.05) is 6.04 Å². The molecule has 0 spiro atoms. The van der Waals surface area contributed by atoms with Crippen molar-refractivity contribution in [1.29, 1.82) is 0 Å². The molecule has 4 heteroatoms. The maximum Gasteiger partial charge on any atom is 0.237 e. The summed E-state index contributed by atoms with van der Waals surface area (Å²) in [7, 11) is 0. The second-order valence-corrected chi connectivity index (χ2v) is 4.90. The van der Waals surface area contributed by atoms with Crippen LogP contribution in [0.15, 0.2) is 0 Å². The van der Waals surface area contributed by atoms with Gasteiger partial charge in [-0.3, -0.25) is 4.79 Å². The molecular weight excluding hydrogens is 224 g/mol. The fourth-order valence-corrected chi connectivity index (χ4v) is 2.47. The fraction of sp³-hybridized carbons (Fsp3) is 0.917. The highest BCUT2D eigenvalue weighted by molar-refractivity contribution is 5.85. The molecule has 0 aromatic carbocycles. The summed E-state index contributed by atoms with van der Waals surface area (Å²) in [6.45, 7) is 3.21. The molecule has 0 aromatic heterocycles. The van der Waals surface area contributed by atoms with Crippen LogP contribution in [-0.2, 0) is 4.79 Å². The number of piperidine rings is 1. The summed E-state index contributed by atoms with van der Waals surface area (Å²) in [6.07, 6.45) is 7.12. The van der Waals surface area contributed by atoms with E-state index in [9.17, 15) is 4.79 Å². The van der Waals surface area contributed by atoms with Crippen LogP contribution in [0.25, 0.3) is 0 Å². The van der Waals surface area contributed by atoms with Gasteiger partial charge < -0.3 is 10.6 Å². The smallest absolute Gasteiger partial charge is 0.237 e. The summed E-state index contributed by atoms with van der Waals surface area (Å²) >= 11 is 0. The lowest BCUT2D eigenvalue weighted by Gasteiger charge is -2.22. The first-order chi connectivity index (χ1) is 7.31. The topological polar surface area (TPSA) is 41.1 Å². The minimum Gasteiger partial charge on any atom is -0.352 e. The molecule has 2 N–H and O–H groups in total. The molecule has 3 atom stereocenters. The SMILES string of the molecule is CCCC1CC1NC(=O)C1CCCCN1.Cl. The van der Waals surface area contributed by atoms with Crippen LogP contribution in [0.4, 0.5) is 0 Å². The van der Waals surface area contributed by atoms with E-state index in [4.69, 9.17) is 0 Å². The Labute approximate surface area is 104 Å². The van der Waals surface area contributed by atoms with Crippen molar-refractivity contribution in [2.75, 3.05) is 6.54 Å². The van der Waals surface area contributed by atoms with Crippen LogP contribution in [0.3, 0.4) is 0 Å². The van der Waals surface area contributed by atoms with Gasteiger partial charge in [0.05, 0.1) is 6.04 Å². The van der Waals surface area contributed by atoms with E-state index in [1.807, 2.05) is 0 Å². The Morgan fingerprint density at radius 2 is 2.25 bits per heavy atom. The average Bonchev–Trinajstić information content (AvgIpc) is 2.98. The van der Waals surface area contributed by atoms with Gasteiger partial charge in [-0.1, -0.05) is 19.8 Å². The van der Waals surface area contributed by atoms with Crippen molar-refractivity contribution in [1.82, 2.24) is 10.6 Å². The normalized spacial score (nSPS) is 32.7. The molecule has 16 heavy (non-hydrogen) atoms. The van der Waals surface area contributed by atoms with Gasteiger partial charge in [-0.15, -0.1) is 12.4 Å². The number of carbonyl (C=O) groups excluding carboxylic acids is 1. The molecule has 1 aliphatic heterocycles. The molecule has 94 valence electrons. The van der Waals surface area contributed by atoms with E-state index in [2.05, 4.69) is 17.6 Å². The van der Waals surface area contributed by atoms with Gasteiger partial charge in [-0.25, -0.2) is 0 Å². The monoisotopic (exact) mass is 246 g/mol. The minimum atomic E-state index is 0. The van der Waals surface area contributed by atoms with Gasteiger partial charge in [0.15, 0.2) is 0 Å². The summed E-state index contributed by atoms with van der Waals surface area (Å²) in [4.78, 5) is 11.8. The van der Waals surface area contributed by atoms with Crippen LogP contribution >= 0.6 is 12.4 Å². The van der Waals surface area contributed by atoms with Crippen molar-refractivity contribution >= 4 is 18.3 Å². The summed E-state index contributed by atoms with van der Waals surface area (Å²) < 4.78 is 0. The van der Waals surface area contributed by atoms with Crippen molar-refractivity contribution in [2.45, 2.75) is 57.5 Å². The Balaban J connectivity index is 0.00000128. The lowest BCUT2D eigenvalue weighted by molar-refractivity contribution is -0.123. The minimum absolute atomic E-state index is 0. The molecule has 3 unspecified atom stereocenters. The summed E-state index contributed by atoms with van der Waals surface area (Å²) in [5.41, 5.74) is 0. The van der Waals surface area contributed by atoms with Crippen LogP contribution in [0.5, 0.6) is 0 Å². The lowest BCUT2D eigenvalue weighted by atomic mass is 10.0. The quantitative estimate of drug-likeness (QED) is 0.795. The number of nitrogens with one attached hydrogen (secondary N) is 2. The van der Waals surface area contributed by atoms with Crippen LogP contribution in [0, 0.1) is 5.92 Å². The highest BCUT2D eigenvalue weighted by Crippen LogP contribution is 2.34. The first kappa shape index (κ1) is 13.8. The summed E-state index contributed by atoms with van der Waals surface area (Å²) in [5, 5.41) is 6.44. The Hall–Kier alpha value is -0.280. The third-order valence-corrected chi connectivity index (χ3v) is 3.54. The molecule has 1 saturated carbocycles. The highest BCUT2D eigenvalue weighted by atomic mass is 35.5. The maximum absolute atomic E-state index is 11.8. The molecule has 1 saturated heterocycles. The molecule has 1 aliphatic carbocycles. The largest absolute Gasteiger partial charge is 0.352 e. The van der Waals surface area contributed by atoms with Crippen molar-refractivity contribution < 1.29 is 4.79 Å². The van der Waals surface area contributed by atoms with Gasteiger partial charge in [0.2, 0.25) is 5.91 Å². The van der Waals surface area contributed by atoms with Gasteiger partial charge >= 0.3 is 0 Å². The Bertz CT molecular complexity index is 229. The number of amides is 1. The van der Waals surface area contributed by atoms with Crippen molar-refractivity contribution in [2.24, 2.45) is 5.92 Å². The predicted octanol–water partition coefficient (Wildman–Crippen LogP) is 1.86. The van der Waals surface area contributed by atoms with E-state index in [1.165, 1.54) is 32.1 Å². The zero-order valence-electron chi connectivity index (χ0n) is 10.00. The predicted molar refractivity (Wildman–Crippen MR) is 67.8 cm³/mol. The second kappa shape index (κ2) is 6.45. The number of carbonyl (C=O) groups is 1. The van der Waals surface area contributed by atoms with E-state index < -0.39 is 0 Å². The average molecular weight is 247 g/mol. The van der Waals surface area contributed by atoms with Gasteiger partial charge in [-0.05, 0) is 38.1 Å². The molecule has 2 fully saturated rings. The summed E-state index contributed by atoms with van der Waals surface area (Å²) in [6, 6.07) is 0.572. The van der Waals surface area contributed by atoms with Crippen LogP contribution in [-0.4, -0.2) is 24.5 Å². The molecule has 1 amide bonds. The number of halogens is 1. The lowest BCUT2D eigenvalue weighted by Crippen LogP contribution is -2.47. The third kappa shape index (κ3) is 3.63. The molecule has 2 rings (SSSR count). The zero-order valence-corrected chi connectivity index (χ0v) is 10.8. The first-order valence-electron chi connectivity index (χ1n) is 6.35. The van der Waals surface area contributed by atoms with E-state index >= 15 is 0 Å². The standard InChI is InChI=1S/C12H22N2O.ClH/c1-2-5-9-8-11(9)14-12(15)10-6-3-4-7-13-10;/h9-11,13H,2-8H2,1H3,(H,14,15);1H. The molecular formula is C12H23ClN2O. The van der Waals surface area contributed by atoms with Crippen LogP contribution in [0.2, 0.25) is 0 Å². The van der Waals surface area contributed by atoms with Gasteiger partial charge in [0.25, 0.3) is 0 Å². The Kier molecular flexibility index (Phi) is 5.56. The van der Waals surface area contributed by atoms with Crippen molar-refractivity contribution in [3.8, 4) is 0 Å². The Morgan fingerprint density at radius 1 is 1.44 bits per heavy atom. The van der Waals surface area contributed by atoms with E-state index in [0.717, 1.165) is 18.9 Å². The summed E-state index contributed by atoms with van der Waals surface area (Å²) in [5.74, 6) is 1.00. The first-order valence-corrected chi connectivity index (χ1v) is 6.35.